The minimum atomic E-state index is 0.00750. The second-order valence-electron chi connectivity index (χ2n) is 4.12. The first-order valence-corrected chi connectivity index (χ1v) is 5.42. The highest BCUT2D eigenvalue weighted by molar-refractivity contribution is 5.96. The SMILES string of the molecule is NC1CCCCC1C(=O)C1=CCCO1. The number of hydrogen-bond acceptors (Lipinski definition) is 3. The number of ether oxygens (including phenoxy) is 1. The van der Waals surface area contributed by atoms with Gasteiger partial charge in [-0.25, -0.2) is 0 Å². The number of ketones is 1. The van der Waals surface area contributed by atoms with Crippen molar-refractivity contribution in [3.05, 3.63) is 11.8 Å². The lowest BCUT2D eigenvalue weighted by molar-refractivity contribution is -0.123. The second kappa shape index (κ2) is 4.13. The monoisotopic (exact) mass is 195 g/mol. The summed E-state index contributed by atoms with van der Waals surface area (Å²) in [5.41, 5.74) is 5.94. The fraction of sp³-hybridized carbons (Fsp3) is 0.727. The van der Waals surface area contributed by atoms with Crippen molar-refractivity contribution in [3.63, 3.8) is 0 Å². The van der Waals surface area contributed by atoms with E-state index in [9.17, 15) is 4.79 Å². The Morgan fingerprint density at radius 2 is 2.21 bits per heavy atom. The maximum absolute atomic E-state index is 11.9. The van der Waals surface area contributed by atoms with Crippen molar-refractivity contribution in [2.75, 3.05) is 6.61 Å². The van der Waals surface area contributed by atoms with Crippen LogP contribution >= 0.6 is 0 Å². The van der Waals surface area contributed by atoms with Gasteiger partial charge in [0.2, 0.25) is 5.78 Å². The van der Waals surface area contributed by atoms with Gasteiger partial charge in [0.25, 0.3) is 0 Å². The van der Waals surface area contributed by atoms with Crippen LogP contribution in [0.1, 0.15) is 32.1 Å². The molecule has 3 heteroatoms. The molecule has 1 fully saturated rings. The Hall–Kier alpha value is -0.830. The number of carbonyl (C=O) groups is 1. The Balaban J connectivity index is 2.02. The van der Waals surface area contributed by atoms with Gasteiger partial charge in [0.15, 0.2) is 5.76 Å². The van der Waals surface area contributed by atoms with Gasteiger partial charge >= 0.3 is 0 Å². The zero-order valence-corrected chi connectivity index (χ0v) is 8.37. The van der Waals surface area contributed by atoms with Gasteiger partial charge in [-0.15, -0.1) is 0 Å². The van der Waals surface area contributed by atoms with Crippen LogP contribution in [0.3, 0.4) is 0 Å². The van der Waals surface area contributed by atoms with Crippen molar-refractivity contribution in [2.24, 2.45) is 11.7 Å². The Kier molecular flexibility index (Phi) is 2.87. The molecule has 0 aromatic carbocycles. The summed E-state index contributed by atoms with van der Waals surface area (Å²) in [6, 6.07) is 0.0429. The van der Waals surface area contributed by atoms with E-state index in [-0.39, 0.29) is 17.7 Å². The molecule has 0 bridgehead atoms. The smallest absolute Gasteiger partial charge is 0.201 e. The average molecular weight is 195 g/mol. The van der Waals surface area contributed by atoms with Crippen LogP contribution in [-0.2, 0) is 9.53 Å². The molecule has 0 aromatic heterocycles. The molecule has 2 rings (SSSR count). The Bertz CT molecular complexity index is 260. The largest absolute Gasteiger partial charge is 0.490 e. The van der Waals surface area contributed by atoms with E-state index in [1.54, 1.807) is 0 Å². The van der Waals surface area contributed by atoms with Crippen LogP contribution < -0.4 is 5.73 Å². The summed E-state index contributed by atoms with van der Waals surface area (Å²) >= 11 is 0. The molecule has 2 aliphatic rings. The van der Waals surface area contributed by atoms with Crippen LogP contribution in [0.5, 0.6) is 0 Å². The summed E-state index contributed by atoms with van der Waals surface area (Å²) in [5, 5.41) is 0. The first-order valence-electron chi connectivity index (χ1n) is 5.42. The van der Waals surface area contributed by atoms with Crippen molar-refractivity contribution in [3.8, 4) is 0 Å². The third-order valence-electron chi connectivity index (χ3n) is 3.10. The molecule has 14 heavy (non-hydrogen) atoms. The minimum Gasteiger partial charge on any atom is -0.490 e. The van der Waals surface area contributed by atoms with E-state index in [4.69, 9.17) is 10.5 Å². The Morgan fingerprint density at radius 3 is 2.86 bits per heavy atom. The molecule has 3 nitrogen and oxygen atoms in total. The van der Waals surface area contributed by atoms with Crippen LogP contribution in [0.2, 0.25) is 0 Å². The van der Waals surface area contributed by atoms with E-state index in [0.29, 0.717) is 12.4 Å². The van der Waals surface area contributed by atoms with Crippen molar-refractivity contribution < 1.29 is 9.53 Å². The molecule has 0 aromatic rings. The second-order valence-corrected chi connectivity index (χ2v) is 4.12. The van der Waals surface area contributed by atoms with Gasteiger partial charge in [-0.3, -0.25) is 4.79 Å². The quantitative estimate of drug-likeness (QED) is 0.724. The molecule has 0 radical (unpaired) electrons. The summed E-state index contributed by atoms with van der Waals surface area (Å²) in [6.07, 6.45) is 6.94. The number of hydrogen-bond donors (Lipinski definition) is 1. The van der Waals surface area contributed by atoms with E-state index in [2.05, 4.69) is 0 Å². The lowest BCUT2D eigenvalue weighted by Gasteiger charge is -2.27. The first-order chi connectivity index (χ1) is 6.79. The number of rotatable bonds is 2. The van der Waals surface area contributed by atoms with Crippen LogP contribution in [0.25, 0.3) is 0 Å². The highest BCUT2D eigenvalue weighted by Crippen LogP contribution is 2.27. The van der Waals surface area contributed by atoms with E-state index in [1.807, 2.05) is 6.08 Å². The summed E-state index contributed by atoms with van der Waals surface area (Å²) < 4.78 is 5.27. The number of carbonyl (C=O) groups excluding carboxylic acids is 1. The third kappa shape index (κ3) is 1.82. The van der Waals surface area contributed by atoms with Crippen LogP contribution in [0.4, 0.5) is 0 Å². The standard InChI is InChI=1S/C11H17NO2/c12-9-5-2-1-4-8(9)11(13)10-6-3-7-14-10/h6,8-9H,1-5,7,12H2. The maximum atomic E-state index is 11.9. The average Bonchev–Trinajstić information content (AvgIpc) is 2.70. The van der Waals surface area contributed by atoms with Gasteiger partial charge < -0.3 is 10.5 Å². The molecule has 0 saturated heterocycles. The highest BCUT2D eigenvalue weighted by atomic mass is 16.5. The van der Waals surface area contributed by atoms with Gasteiger partial charge in [-0.05, 0) is 18.9 Å². The van der Waals surface area contributed by atoms with Crippen molar-refractivity contribution >= 4 is 5.78 Å². The maximum Gasteiger partial charge on any atom is 0.201 e. The zero-order chi connectivity index (χ0) is 9.97. The zero-order valence-electron chi connectivity index (χ0n) is 8.37. The molecular weight excluding hydrogens is 178 g/mol. The molecule has 1 aliphatic carbocycles. The van der Waals surface area contributed by atoms with Crippen LogP contribution in [-0.4, -0.2) is 18.4 Å². The molecule has 78 valence electrons. The molecule has 2 atom stereocenters. The fourth-order valence-electron chi connectivity index (χ4n) is 2.26. The Morgan fingerprint density at radius 1 is 1.43 bits per heavy atom. The van der Waals surface area contributed by atoms with Gasteiger partial charge in [0.05, 0.1) is 6.61 Å². The van der Waals surface area contributed by atoms with Crippen LogP contribution in [0, 0.1) is 5.92 Å². The highest BCUT2D eigenvalue weighted by Gasteiger charge is 2.31. The van der Waals surface area contributed by atoms with Gasteiger partial charge in [-0.2, -0.15) is 0 Å². The molecule has 2 N–H and O–H groups in total. The lowest BCUT2D eigenvalue weighted by Crippen LogP contribution is -2.38. The van der Waals surface area contributed by atoms with Gasteiger partial charge in [-0.1, -0.05) is 12.8 Å². The lowest BCUT2D eigenvalue weighted by atomic mass is 9.82. The van der Waals surface area contributed by atoms with E-state index in [1.165, 1.54) is 0 Å². The number of Topliss-reactive ketones (excluding diaryl/α,β-unsaturated/α-hetero) is 1. The molecule has 0 spiro atoms. The van der Waals surface area contributed by atoms with E-state index >= 15 is 0 Å². The van der Waals surface area contributed by atoms with Crippen LogP contribution in [0.15, 0.2) is 11.8 Å². The minimum absolute atomic E-state index is 0.00750. The summed E-state index contributed by atoms with van der Waals surface area (Å²) in [6.45, 7) is 0.656. The molecular formula is C11H17NO2. The number of allylic oxidation sites excluding steroid dienone is 1. The van der Waals surface area contributed by atoms with Crippen molar-refractivity contribution in [1.29, 1.82) is 0 Å². The molecule has 1 heterocycles. The predicted molar refractivity (Wildman–Crippen MR) is 53.6 cm³/mol. The van der Waals surface area contributed by atoms with Gasteiger partial charge in [0, 0.05) is 18.4 Å². The first kappa shape index (κ1) is 9.71. The summed E-state index contributed by atoms with van der Waals surface area (Å²) in [7, 11) is 0. The fourth-order valence-corrected chi connectivity index (χ4v) is 2.26. The summed E-state index contributed by atoms with van der Waals surface area (Å²) in [5.74, 6) is 0.704. The van der Waals surface area contributed by atoms with E-state index < -0.39 is 0 Å². The molecule has 0 amide bonds. The van der Waals surface area contributed by atoms with Gasteiger partial charge in [0.1, 0.15) is 0 Å². The summed E-state index contributed by atoms with van der Waals surface area (Å²) in [4.78, 5) is 11.9. The Labute approximate surface area is 84.3 Å². The molecule has 1 saturated carbocycles. The topological polar surface area (TPSA) is 52.3 Å². The number of nitrogens with two attached hydrogens (primary N) is 1. The third-order valence-corrected chi connectivity index (χ3v) is 3.10. The van der Waals surface area contributed by atoms with Crippen molar-refractivity contribution in [2.45, 2.75) is 38.1 Å². The van der Waals surface area contributed by atoms with E-state index in [0.717, 1.165) is 32.1 Å². The molecule has 2 unspecified atom stereocenters. The normalized spacial score (nSPS) is 32.2. The predicted octanol–water partition coefficient (Wildman–Crippen LogP) is 1.38. The molecule has 1 aliphatic heterocycles. The van der Waals surface area contributed by atoms with Crippen molar-refractivity contribution in [1.82, 2.24) is 0 Å².